The normalized spacial score (nSPS) is 10.9. The lowest BCUT2D eigenvalue weighted by molar-refractivity contribution is -0.387. The summed E-state index contributed by atoms with van der Waals surface area (Å²) in [6, 6.07) is 10.3. The molecule has 0 aliphatic heterocycles. The zero-order valence-corrected chi connectivity index (χ0v) is 19.0. The average Bonchev–Trinajstić information content (AvgIpc) is 3.05. The van der Waals surface area contributed by atoms with Crippen molar-refractivity contribution in [1.29, 1.82) is 0 Å². The molecule has 1 amide bonds. The zero-order valence-electron chi connectivity index (χ0n) is 18.2. The summed E-state index contributed by atoms with van der Waals surface area (Å²) >= 11 is 6.22. The summed E-state index contributed by atoms with van der Waals surface area (Å²) in [7, 11) is 0. The number of carbonyl (C=O) groups is 2. The highest BCUT2D eigenvalue weighted by molar-refractivity contribution is 6.31. The van der Waals surface area contributed by atoms with Gasteiger partial charge in [0.1, 0.15) is 0 Å². The molecule has 0 saturated heterocycles. The lowest BCUT2D eigenvalue weighted by atomic mass is 10.1. The first-order valence-corrected chi connectivity index (χ1v) is 10.4. The number of hydrogen-bond acceptors (Lipinski definition) is 6. The summed E-state index contributed by atoms with van der Waals surface area (Å²) < 4.78 is 20.1. The smallest absolute Gasteiger partial charge is 0.331 e. The third-order valence-corrected chi connectivity index (χ3v) is 5.24. The Morgan fingerprint density at radius 1 is 1.26 bits per heavy atom. The quantitative estimate of drug-likeness (QED) is 0.218. The Bertz CT molecular complexity index is 1290. The van der Waals surface area contributed by atoms with Crippen molar-refractivity contribution in [3.8, 4) is 0 Å². The van der Waals surface area contributed by atoms with Crippen molar-refractivity contribution >= 4 is 40.9 Å². The molecule has 0 bridgehead atoms. The molecule has 3 rings (SSSR count). The molecule has 2 aromatic carbocycles. The van der Waals surface area contributed by atoms with Gasteiger partial charge in [0.25, 0.3) is 5.91 Å². The van der Waals surface area contributed by atoms with Crippen LogP contribution in [0.3, 0.4) is 0 Å². The van der Waals surface area contributed by atoms with Crippen LogP contribution >= 0.6 is 11.6 Å². The Morgan fingerprint density at radius 3 is 2.71 bits per heavy atom. The Hall–Kier alpha value is -4.05. The second kappa shape index (κ2) is 10.7. The number of nitro groups is 1. The molecule has 34 heavy (non-hydrogen) atoms. The first-order chi connectivity index (χ1) is 16.2. The van der Waals surface area contributed by atoms with E-state index in [0.29, 0.717) is 17.3 Å². The molecular formula is C23H20ClFN4O5. The van der Waals surface area contributed by atoms with Crippen molar-refractivity contribution in [1.82, 2.24) is 9.78 Å². The lowest BCUT2D eigenvalue weighted by Gasteiger charge is -2.07. The van der Waals surface area contributed by atoms with Crippen molar-refractivity contribution in [2.24, 2.45) is 0 Å². The predicted molar refractivity (Wildman–Crippen MR) is 124 cm³/mol. The maximum atomic E-state index is 13.4. The van der Waals surface area contributed by atoms with Gasteiger partial charge in [0.05, 0.1) is 17.2 Å². The van der Waals surface area contributed by atoms with Crippen molar-refractivity contribution in [2.45, 2.75) is 20.4 Å². The molecule has 11 heteroatoms. The van der Waals surface area contributed by atoms with Crippen LogP contribution in [-0.2, 0) is 20.9 Å². The van der Waals surface area contributed by atoms with Crippen molar-refractivity contribution in [3.05, 3.63) is 92.0 Å². The van der Waals surface area contributed by atoms with Crippen molar-refractivity contribution < 1.29 is 23.6 Å². The summed E-state index contributed by atoms with van der Waals surface area (Å²) in [4.78, 5) is 33.9. The predicted octanol–water partition coefficient (Wildman–Crippen LogP) is 4.44. The molecule has 0 aliphatic carbocycles. The third kappa shape index (κ3) is 6.04. The Labute approximate surface area is 198 Å². The van der Waals surface area contributed by atoms with E-state index in [-0.39, 0.29) is 5.69 Å². The molecule has 0 fully saturated rings. The number of halogens is 2. The molecule has 1 aromatic heterocycles. The van der Waals surface area contributed by atoms with Gasteiger partial charge in [-0.15, -0.1) is 0 Å². The Kier molecular flexibility index (Phi) is 7.75. The molecule has 0 unspecified atom stereocenters. The number of anilines is 1. The fraction of sp³-hybridized carbons (Fsp3) is 0.174. The van der Waals surface area contributed by atoms with E-state index < -0.39 is 34.9 Å². The maximum absolute atomic E-state index is 13.4. The number of nitro benzene ring substituents is 1. The van der Waals surface area contributed by atoms with E-state index in [1.54, 1.807) is 23.7 Å². The third-order valence-electron chi connectivity index (χ3n) is 4.87. The highest BCUT2D eigenvalue weighted by atomic mass is 35.5. The number of carbonyl (C=O) groups excluding carboxylic acids is 2. The lowest BCUT2D eigenvalue weighted by Crippen LogP contribution is -2.20. The molecule has 1 heterocycles. The van der Waals surface area contributed by atoms with Gasteiger partial charge in [-0.2, -0.15) is 9.49 Å². The van der Waals surface area contributed by atoms with E-state index in [0.717, 1.165) is 35.0 Å². The minimum Gasteiger partial charge on any atom is -0.452 e. The van der Waals surface area contributed by atoms with E-state index >= 15 is 0 Å². The number of benzene rings is 2. The first-order valence-electron chi connectivity index (χ1n) is 10.0. The van der Waals surface area contributed by atoms with Crippen LogP contribution in [0, 0.1) is 29.8 Å². The number of esters is 1. The highest BCUT2D eigenvalue weighted by Gasteiger charge is 2.16. The molecule has 9 nitrogen and oxygen atoms in total. The fourth-order valence-corrected chi connectivity index (χ4v) is 3.35. The zero-order chi connectivity index (χ0) is 24.8. The largest absolute Gasteiger partial charge is 0.452 e. The monoisotopic (exact) mass is 486 g/mol. The number of ether oxygens (including phenoxy) is 1. The molecule has 1 N–H and O–H groups in total. The highest BCUT2D eigenvalue weighted by Crippen LogP contribution is 2.22. The van der Waals surface area contributed by atoms with Gasteiger partial charge >= 0.3 is 11.7 Å². The number of nitrogens with zero attached hydrogens (tertiary/aromatic N) is 3. The van der Waals surface area contributed by atoms with Gasteiger partial charge in [-0.25, -0.2) is 4.79 Å². The van der Waals surface area contributed by atoms with Gasteiger partial charge < -0.3 is 10.1 Å². The van der Waals surface area contributed by atoms with Crippen LogP contribution in [0.15, 0.2) is 48.5 Å². The van der Waals surface area contributed by atoms with Crippen molar-refractivity contribution in [2.75, 3.05) is 11.9 Å². The van der Waals surface area contributed by atoms with Gasteiger partial charge in [0.2, 0.25) is 5.82 Å². The fourth-order valence-electron chi connectivity index (χ4n) is 3.16. The van der Waals surface area contributed by atoms with Crippen LogP contribution < -0.4 is 5.32 Å². The van der Waals surface area contributed by atoms with Crippen LogP contribution in [0.1, 0.15) is 22.5 Å². The van der Waals surface area contributed by atoms with Gasteiger partial charge in [-0.1, -0.05) is 29.8 Å². The minimum atomic E-state index is -1.03. The summed E-state index contributed by atoms with van der Waals surface area (Å²) in [6.45, 7) is 3.50. The second-order valence-corrected chi connectivity index (χ2v) is 7.65. The van der Waals surface area contributed by atoms with Gasteiger partial charge in [0.15, 0.2) is 6.61 Å². The van der Waals surface area contributed by atoms with Gasteiger partial charge in [-0.05, 0) is 43.7 Å². The molecule has 3 aromatic rings. The maximum Gasteiger partial charge on any atom is 0.331 e. The second-order valence-electron chi connectivity index (χ2n) is 7.25. The molecule has 0 saturated carbocycles. The number of aromatic nitrogens is 2. The van der Waals surface area contributed by atoms with E-state index in [9.17, 15) is 24.1 Å². The standard InChI is InChI=1S/C23H20ClFN4O5/c1-14-18(15(2)28(27-14)12-16-5-3-4-6-19(16)24)8-10-23(31)34-13-22(30)26-17-7-9-20(25)21(11-17)29(32)33/h3-11H,12-13H2,1-2H3,(H,26,30)/b10-8+. The number of hydrogen-bond donors (Lipinski definition) is 1. The molecule has 176 valence electrons. The van der Waals surface area contributed by atoms with Gasteiger partial charge in [-0.3, -0.25) is 19.6 Å². The van der Waals surface area contributed by atoms with Gasteiger partial charge in [0, 0.05) is 34.1 Å². The molecule has 0 atom stereocenters. The van der Waals surface area contributed by atoms with E-state index in [1.807, 2.05) is 25.1 Å². The number of amides is 1. The molecule has 0 spiro atoms. The van der Waals surface area contributed by atoms with Crippen LogP contribution in [-0.4, -0.2) is 33.2 Å². The SMILES string of the molecule is Cc1nn(Cc2ccccc2Cl)c(C)c1/C=C/C(=O)OCC(=O)Nc1ccc(F)c([N+](=O)[O-])c1. The van der Waals surface area contributed by atoms with E-state index in [4.69, 9.17) is 16.3 Å². The summed E-state index contributed by atoms with van der Waals surface area (Å²) in [6.07, 6.45) is 2.72. The average molecular weight is 487 g/mol. The Balaban J connectivity index is 1.58. The molecule has 0 aliphatic rings. The summed E-state index contributed by atoms with van der Waals surface area (Å²) in [5.41, 5.74) is 2.37. The van der Waals surface area contributed by atoms with Crippen LogP contribution in [0.25, 0.3) is 6.08 Å². The minimum absolute atomic E-state index is 0.00174. The molecular weight excluding hydrogens is 467 g/mol. The van der Waals surface area contributed by atoms with Crippen LogP contribution in [0.4, 0.5) is 15.8 Å². The Morgan fingerprint density at radius 2 is 2.00 bits per heavy atom. The van der Waals surface area contributed by atoms with Crippen LogP contribution in [0.2, 0.25) is 5.02 Å². The molecule has 0 radical (unpaired) electrons. The van der Waals surface area contributed by atoms with Crippen LogP contribution in [0.5, 0.6) is 0 Å². The van der Waals surface area contributed by atoms with E-state index in [2.05, 4.69) is 10.4 Å². The van der Waals surface area contributed by atoms with E-state index in [1.165, 1.54) is 6.08 Å². The number of nitrogens with one attached hydrogen (secondary N) is 1. The summed E-state index contributed by atoms with van der Waals surface area (Å²) in [5, 5.41) is 18.2. The van der Waals surface area contributed by atoms with Crippen molar-refractivity contribution in [3.63, 3.8) is 0 Å². The number of aryl methyl sites for hydroxylation is 1. The topological polar surface area (TPSA) is 116 Å². The number of rotatable bonds is 8. The first kappa shape index (κ1) is 24.6. The summed E-state index contributed by atoms with van der Waals surface area (Å²) in [5.74, 6) is -2.53.